The molecule has 2 unspecified atom stereocenters. The molecule has 0 aliphatic carbocycles. The lowest BCUT2D eigenvalue weighted by molar-refractivity contribution is -0.138. The Labute approximate surface area is 75.8 Å². The summed E-state index contributed by atoms with van der Waals surface area (Å²) < 4.78 is 0. The normalized spacial score (nSPS) is 29.8. The first-order valence-corrected chi connectivity index (χ1v) is 4.07. The van der Waals surface area contributed by atoms with Crippen LogP contribution in [0, 0.1) is 0 Å². The number of carboxylic acid groups (broad SMARTS) is 1. The van der Waals surface area contributed by atoms with Crippen LogP contribution >= 0.6 is 12.6 Å². The fourth-order valence-electron chi connectivity index (χ4n) is 0.987. The van der Waals surface area contributed by atoms with Crippen LogP contribution in [0.3, 0.4) is 0 Å². The highest BCUT2D eigenvalue weighted by atomic mass is 32.1. The largest absolute Gasteiger partial charge is 0.480 e. The van der Waals surface area contributed by atoms with E-state index in [0.29, 0.717) is 0 Å². The Hall–Kier alpha value is -0.750. The maximum absolute atomic E-state index is 10.4. The van der Waals surface area contributed by atoms with Gasteiger partial charge in [-0.2, -0.15) is 5.10 Å². The Morgan fingerprint density at radius 1 is 1.92 bits per heavy atom. The molecule has 68 valence electrons. The van der Waals surface area contributed by atoms with Gasteiger partial charge in [0.25, 0.3) is 0 Å². The first-order chi connectivity index (χ1) is 5.61. The number of rotatable bonds is 2. The highest BCUT2D eigenvalue weighted by Gasteiger charge is 2.24. The number of hydrogen-bond donors (Lipinski definition) is 3. The predicted octanol–water partition coefficient (Wildman–Crippen LogP) is -0.436. The summed E-state index contributed by atoms with van der Waals surface area (Å²) in [4.78, 5) is 12.1. The van der Waals surface area contributed by atoms with Gasteiger partial charge >= 0.3 is 5.97 Å². The van der Waals surface area contributed by atoms with Crippen molar-refractivity contribution in [2.75, 3.05) is 6.54 Å². The molecular formula is C6H11N3O2S. The lowest BCUT2D eigenvalue weighted by Crippen LogP contribution is -2.51. The smallest absolute Gasteiger partial charge is 0.317 e. The van der Waals surface area contributed by atoms with E-state index in [9.17, 15) is 4.79 Å². The van der Waals surface area contributed by atoms with Gasteiger partial charge in [-0.05, 0) is 6.92 Å². The molecule has 0 saturated carbocycles. The van der Waals surface area contributed by atoms with E-state index < -0.39 is 5.97 Å². The van der Waals surface area contributed by atoms with Crippen molar-refractivity contribution in [3.63, 3.8) is 0 Å². The SMILES string of the molecule is CC1C=NNC(S)N1CC(=O)O. The van der Waals surface area contributed by atoms with Crippen molar-refractivity contribution in [1.82, 2.24) is 10.3 Å². The number of carbonyl (C=O) groups is 1. The summed E-state index contributed by atoms with van der Waals surface area (Å²) in [7, 11) is 0. The standard InChI is InChI=1S/C6H11N3O2S/c1-4-2-7-8-6(12)9(4)3-5(10)11/h2,4,6,8,12H,3H2,1H3,(H,10,11). The van der Waals surface area contributed by atoms with Gasteiger partial charge in [-0.15, -0.1) is 12.6 Å². The number of aliphatic carboxylic acids is 1. The Morgan fingerprint density at radius 3 is 3.08 bits per heavy atom. The van der Waals surface area contributed by atoms with E-state index in [1.165, 1.54) is 0 Å². The summed E-state index contributed by atoms with van der Waals surface area (Å²) in [5, 5.41) is 12.4. The van der Waals surface area contributed by atoms with Crippen molar-refractivity contribution in [2.24, 2.45) is 5.10 Å². The fraction of sp³-hybridized carbons (Fsp3) is 0.667. The van der Waals surface area contributed by atoms with Gasteiger partial charge in [0.05, 0.1) is 6.54 Å². The van der Waals surface area contributed by atoms with E-state index >= 15 is 0 Å². The van der Waals surface area contributed by atoms with Crippen molar-refractivity contribution < 1.29 is 9.90 Å². The van der Waals surface area contributed by atoms with Crippen LogP contribution in [0.15, 0.2) is 5.10 Å². The minimum absolute atomic E-state index is 0.00449. The maximum Gasteiger partial charge on any atom is 0.317 e. The van der Waals surface area contributed by atoms with Gasteiger partial charge in [-0.3, -0.25) is 15.1 Å². The lowest BCUT2D eigenvalue weighted by atomic mass is 10.3. The molecule has 0 saturated heterocycles. The third-order valence-corrected chi connectivity index (χ3v) is 2.05. The second kappa shape index (κ2) is 3.77. The zero-order chi connectivity index (χ0) is 9.14. The van der Waals surface area contributed by atoms with Gasteiger partial charge in [0.15, 0.2) is 0 Å². The van der Waals surface area contributed by atoms with E-state index in [1.54, 1.807) is 11.1 Å². The van der Waals surface area contributed by atoms with Crippen molar-refractivity contribution in [1.29, 1.82) is 0 Å². The zero-order valence-electron chi connectivity index (χ0n) is 6.64. The second-order valence-corrected chi connectivity index (χ2v) is 3.08. The van der Waals surface area contributed by atoms with Crippen LogP contribution in [-0.2, 0) is 4.79 Å². The molecule has 2 N–H and O–H groups in total. The summed E-state index contributed by atoms with van der Waals surface area (Å²) in [5.74, 6) is -0.863. The van der Waals surface area contributed by atoms with Crippen molar-refractivity contribution >= 4 is 24.8 Å². The summed E-state index contributed by atoms with van der Waals surface area (Å²) in [6.45, 7) is 1.84. The Balaban J connectivity index is 2.60. The number of carboxylic acids is 1. The second-order valence-electron chi connectivity index (χ2n) is 2.59. The molecule has 1 rings (SSSR count). The summed E-state index contributed by atoms with van der Waals surface area (Å²) in [6, 6.07) is 0.00449. The minimum atomic E-state index is -0.863. The molecular weight excluding hydrogens is 178 g/mol. The molecule has 0 aromatic heterocycles. The monoisotopic (exact) mass is 189 g/mol. The molecule has 5 nitrogen and oxygen atoms in total. The molecule has 0 aromatic carbocycles. The van der Waals surface area contributed by atoms with Crippen molar-refractivity contribution in [3.05, 3.63) is 0 Å². The first-order valence-electron chi connectivity index (χ1n) is 3.55. The van der Waals surface area contributed by atoms with Crippen LogP contribution in [0.25, 0.3) is 0 Å². The van der Waals surface area contributed by atoms with Crippen molar-refractivity contribution in [2.45, 2.75) is 18.5 Å². The molecule has 0 spiro atoms. The van der Waals surface area contributed by atoms with E-state index in [0.717, 1.165) is 0 Å². The molecule has 6 heteroatoms. The molecule has 12 heavy (non-hydrogen) atoms. The lowest BCUT2D eigenvalue weighted by Gasteiger charge is -2.32. The Kier molecular flexibility index (Phi) is 2.93. The molecule has 1 heterocycles. The molecule has 1 aliphatic heterocycles. The average Bonchev–Trinajstić information content (AvgIpc) is 1.97. The number of thiol groups is 1. The van der Waals surface area contributed by atoms with Crippen LogP contribution in [0.5, 0.6) is 0 Å². The molecule has 0 bridgehead atoms. The number of hydrazone groups is 1. The molecule has 0 amide bonds. The Morgan fingerprint density at radius 2 is 2.58 bits per heavy atom. The highest BCUT2D eigenvalue weighted by molar-refractivity contribution is 7.80. The van der Waals surface area contributed by atoms with Gasteiger partial charge in [0.2, 0.25) is 0 Å². The topological polar surface area (TPSA) is 64.9 Å². The third kappa shape index (κ3) is 2.12. The maximum atomic E-state index is 10.4. The Bertz CT molecular complexity index is 209. The van der Waals surface area contributed by atoms with Gasteiger partial charge in [0, 0.05) is 12.3 Å². The quantitative estimate of drug-likeness (QED) is 0.515. The highest BCUT2D eigenvalue weighted by Crippen LogP contribution is 2.08. The van der Waals surface area contributed by atoms with Crippen LogP contribution in [0.1, 0.15) is 6.92 Å². The molecule has 0 fully saturated rings. The zero-order valence-corrected chi connectivity index (χ0v) is 7.53. The molecule has 0 aromatic rings. The summed E-state index contributed by atoms with van der Waals surface area (Å²) >= 11 is 4.13. The summed E-state index contributed by atoms with van der Waals surface area (Å²) in [5.41, 5.74) is 2.35. The number of hydrogen-bond acceptors (Lipinski definition) is 5. The predicted molar refractivity (Wildman–Crippen MR) is 48.2 cm³/mol. The number of nitrogens with one attached hydrogen (secondary N) is 1. The van der Waals surface area contributed by atoms with E-state index in [4.69, 9.17) is 5.11 Å². The molecule has 0 radical (unpaired) electrons. The number of nitrogens with zero attached hydrogens (tertiary/aromatic N) is 2. The van der Waals surface area contributed by atoms with Gasteiger partial charge < -0.3 is 5.11 Å². The molecule has 2 atom stereocenters. The van der Waals surface area contributed by atoms with Crippen LogP contribution in [0.2, 0.25) is 0 Å². The van der Waals surface area contributed by atoms with E-state index in [-0.39, 0.29) is 18.1 Å². The fourth-order valence-corrected chi connectivity index (χ4v) is 1.35. The van der Waals surface area contributed by atoms with Crippen molar-refractivity contribution in [3.8, 4) is 0 Å². The van der Waals surface area contributed by atoms with E-state index in [1.807, 2.05) is 6.92 Å². The van der Waals surface area contributed by atoms with Gasteiger partial charge in [-0.25, -0.2) is 0 Å². The summed E-state index contributed by atoms with van der Waals surface area (Å²) in [6.07, 6.45) is 1.65. The van der Waals surface area contributed by atoms with Crippen LogP contribution in [-0.4, -0.2) is 40.3 Å². The van der Waals surface area contributed by atoms with Gasteiger partial charge in [-0.1, -0.05) is 0 Å². The van der Waals surface area contributed by atoms with E-state index in [2.05, 4.69) is 23.2 Å². The average molecular weight is 189 g/mol. The van der Waals surface area contributed by atoms with Crippen LogP contribution in [0.4, 0.5) is 0 Å². The third-order valence-electron chi connectivity index (χ3n) is 1.64. The first kappa shape index (κ1) is 9.34. The molecule has 1 aliphatic rings. The van der Waals surface area contributed by atoms with Gasteiger partial charge in [0.1, 0.15) is 5.50 Å². The minimum Gasteiger partial charge on any atom is -0.480 e. The van der Waals surface area contributed by atoms with Crippen LogP contribution < -0.4 is 5.43 Å².